The summed E-state index contributed by atoms with van der Waals surface area (Å²) in [6, 6.07) is 0. The molecule has 0 saturated carbocycles. The fraction of sp³-hybridized carbons (Fsp3) is 0.833. The first-order chi connectivity index (χ1) is 5.49. The van der Waals surface area contributed by atoms with Crippen LogP contribution >= 0.6 is 0 Å². The summed E-state index contributed by atoms with van der Waals surface area (Å²) in [5.74, 6) is -0.437. The summed E-state index contributed by atoms with van der Waals surface area (Å²) < 4.78 is 0. The molecule has 1 unspecified atom stereocenters. The van der Waals surface area contributed by atoms with Crippen molar-refractivity contribution in [3.05, 3.63) is 0 Å². The molecule has 2 N–H and O–H groups in total. The van der Waals surface area contributed by atoms with Gasteiger partial charge in [-0.3, -0.25) is 9.69 Å². The second-order valence-corrected chi connectivity index (χ2v) is 3.04. The fourth-order valence-corrected chi connectivity index (χ4v) is 0.895. The Bertz CT molecular complexity index is 226. The van der Waals surface area contributed by atoms with Crippen molar-refractivity contribution in [3.8, 4) is 0 Å². The highest BCUT2D eigenvalue weighted by Crippen LogP contribution is 2.20. The lowest BCUT2D eigenvalue weighted by Crippen LogP contribution is -2.51. The van der Waals surface area contributed by atoms with Crippen LogP contribution in [0.4, 0.5) is 0 Å². The van der Waals surface area contributed by atoms with Crippen LogP contribution < -0.4 is 0 Å². The van der Waals surface area contributed by atoms with Crippen LogP contribution in [0.2, 0.25) is 0 Å². The zero-order valence-corrected chi connectivity index (χ0v) is 6.93. The van der Waals surface area contributed by atoms with Gasteiger partial charge in [0.2, 0.25) is 6.35 Å². The lowest BCUT2D eigenvalue weighted by atomic mass is 10.1. The third kappa shape index (κ3) is 1.30. The highest BCUT2D eigenvalue weighted by Gasteiger charge is 2.38. The van der Waals surface area contributed by atoms with Gasteiger partial charge in [-0.25, -0.2) is 0 Å². The molecule has 0 saturated heterocycles. The summed E-state index contributed by atoms with van der Waals surface area (Å²) in [5.41, 5.74) is -0.984. The van der Waals surface area contributed by atoms with E-state index < -0.39 is 24.5 Å². The molecule has 1 amide bonds. The summed E-state index contributed by atoms with van der Waals surface area (Å²) in [5, 5.41) is 24.8. The first-order valence-corrected chi connectivity index (χ1v) is 3.51. The van der Waals surface area contributed by atoms with E-state index in [0.29, 0.717) is 0 Å². The largest absolute Gasteiger partial charge is 0.376 e. The van der Waals surface area contributed by atoms with E-state index in [0.717, 1.165) is 4.90 Å². The van der Waals surface area contributed by atoms with E-state index in [-0.39, 0.29) is 0 Å². The molecule has 0 aromatic heterocycles. The molecule has 12 heavy (non-hydrogen) atoms. The maximum absolute atomic E-state index is 11.3. The molecule has 1 aliphatic heterocycles. The number of aliphatic hydroxyl groups is 2. The number of nitrogens with zero attached hydrogens (tertiary/aromatic N) is 3. The smallest absolute Gasteiger partial charge is 0.257 e. The van der Waals surface area contributed by atoms with Crippen LogP contribution in [0.3, 0.4) is 0 Å². The van der Waals surface area contributed by atoms with Gasteiger partial charge in [-0.15, -0.1) is 5.11 Å². The quantitative estimate of drug-likeness (QED) is 0.549. The minimum atomic E-state index is -1.35. The summed E-state index contributed by atoms with van der Waals surface area (Å²) in [6.07, 6.45) is -1.35. The van der Waals surface area contributed by atoms with E-state index in [4.69, 9.17) is 10.2 Å². The zero-order chi connectivity index (χ0) is 9.35. The number of carbonyl (C=O) groups is 1. The molecular weight excluding hydrogens is 162 g/mol. The van der Waals surface area contributed by atoms with Crippen molar-refractivity contribution in [2.24, 2.45) is 10.2 Å². The van der Waals surface area contributed by atoms with Gasteiger partial charge in [-0.1, -0.05) is 0 Å². The normalized spacial score (nSPS) is 27.8. The predicted octanol–water partition coefficient (Wildman–Crippen LogP) is -0.715. The first-order valence-electron chi connectivity index (χ1n) is 3.51. The van der Waals surface area contributed by atoms with E-state index in [1.54, 1.807) is 13.8 Å². The fourth-order valence-electron chi connectivity index (χ4n) is 0.895. The Morgan fingerprint density at radius 1 is 1.67 bits per heavy atom. The lowest BCUT2D eigenvalue weighted by Gasteiger charge is -2.32. The average molecular weight is 173 g/mol. The number of hydrogen-bond donors (Lipinski definition) is 2. The number of aliphatic hydroxyl groups excluding tert-OH is 2. The molecule has 1 heterocycles. The standard InChI is InChI=1S/C6H11N3O3/c1-6(2)4(11)9(3-10)5(12)7-8-6/h5,10,12H,3H2,1-2H3. The first kappa shape index (κ1) is 9.08. The SMILES string of the molecule is CC1(C)N=NC(O)N(CO)C1=O. The van der Waals surface area contributed by atoms with E-state index in [9.17, 15) is 4.79 Å². The Labute approximate surface area is 69.5 Å². The Morgan fingerprint density at radius 3 is 2.67 bits per heavy atom. The maximum atomic E-state index is 11.3. The van der Waals surface area contributed by atoms with Crippen LogP contribution in [-0.4, -0.2) is 39.6 Å². The van der Waals surface area contributed by atoms with Crippen molar-refractivity contribution in [3.63, 3.8) is 0 Å². The molecule has 1 aliphatic rings. The molecule has 6 heteroatoms. The van der Waals surface area contributed by atoms with Gasteiger partial charge in [0.1, 0.15) is 6.73 Å². The van der Waals surface area contributed by atoms with Crippen LogP contribution in [0.1, 0.15) is 13.8 Å². The van der Waals surface area contributed by atoms with Crippen molar-refractivity contribution in [2.45, 2.75) is 25.7 Å². The topological polar surface area (TPSA) is 85.5 Å². The van der Waals surface area contributed by atoms with Gasteiger partial charge >= 0.3 is 0 Å². The third-order valence-electron chi connectivity index (χ3n) is 1.63. The van der Waals surface area contributed by atoms with E-state index >= 15 is 0 Å². The molecule has 0 aromatic carbocycles. The Balaban J connectivity index is 2.93. The number of carbonyl (C=O) groups excluding carboxylic acids is 1. The predicted molar refractivity (Wildman–Crippen MR) is 38.9 cm³/mol. The second kappa shape index (κ2) is 2.80. The van der Waals surface area contributed by atoms with Crippen molar-refractivity contribution < 1.29 is 15.0 Å². The highest BCUT2D eigenvalue weighted by molar-refractivity contribution is 5.86. The van der Waals surface area contributed by atoms with Crippen molar-refractivity contribution in [1.82, 2.24) is 4.90 Å². The van der Waals surface area contributed by atoms with Gasteiger partial charge in [0, 0.05) is 0 Å². The number of rotatable bonds is 1. The van der Waals surface area contributed by atoms with Crippen molar-refractivity contribution in [2.75, 3.05) is 6.73 Å². The van der Waals surface area contributed by atoms with Gasteiger partial charge < -0.3 is 10.2 Å². The van der Waals surface area contributed by atoms with Crippen LogP contribution in [0.5, 0.6) is 0 Å². The molecule has 1 atom stereocenters. The number of hydrogen-bond acceptors (Lipinski definition) is 5. The number of azo groups is 1. The van der Waals surface area contributed by atoms with Gasteiger partial charge in [0.15, 0.2) is 5.54 Å². The summed E-state index contributed by atoms with van der Waals surface area (Å²) in [7, 11) is 0. The van der Waals surface area contributed by atoms with Crippen molar-refractivity contribution >= 4 is 5.91 Å². The molecule has 0 fully saturated rings. The molecule has 68 valence electrons. The average Bonchev–Trinajstić information content (AvgIpc) is 2.00. The van der Waals surface area contributed by atoms with Crippen LogP contribution in [-0.2, 0) is 4.79 Å². The molecule has 0 aromatic rings. The van der Waals surface area contributed by atoms with Crippen LogP contribution in [0, 0.1) is 0 Å². The molecule has 0 radical (unpaired) electrons. The molecule has 0 bridgehead atoms. The molecular formula is C6H11N3O3. The van der Waals surface area contributed by atoms with E-state index in [1.807, 2.05) is 0 Å². The van der Waals surface area contributed by atoms with Crippen LogP contribution in [0.25, 0.3) is 0 Å². The van der Waals surface area contributed by atoms with Gasteiger partial charge in [-0.05, 0) is 13.8 Å². The Kier molecular flexibility index (Phi) is 2.12. The van der Waals surface area contributed by atoms with Crippen LogP contribution in [0.15, 0.2) is 10.2 Å². The molecule has 0 aliphatic carbocycles. The van der Waals surface area contributed by atoms with E-state index in [1.165, 1.54) is 0 Å². The number of amides is 1. The lowest BCUT2D eigenvalue weighted by molar-refractivity contribution is -0.157. The van der Waals surface area contributed by atoms with Crippen molar-refractivity contribution in [1.29, 1.82) is 0 Å². The molecule has 6 nitrogen and oxygen atoms in total. The molecule has 1 rings (SSSR count). The highest BCUT2D eigenvalue weighted by atomic mass is 16.3. The Morgan fingerprint density at radius 2 is 2.25 bits per heavy atom. The monoisotopic (exact) mass is 173 g/mol. The zero-order valence-electron chi connectivity index (χ0n) is 6.93. The minimum Gasteiger partial charge on any atom is -0.376 e. The maximum Gasteiger partial charge on any atom is 0.257 e. The Hall–Kier alpha value is -1.01. The minimum absolute atomic E-state index is 0.437. The molecule has 0 spiro atoms. The van der Waals surface area contributed by atoms with E-state index in [2.05, 4.69) is 10.2 Å². The summed E-state index contributed by atoms with van der Waals surface area (Å²) in [6.45, 7) is 2.57. The van der Waals surface area contributed by atoms with Gasteiger partial charge in [0.25, 0.3) is 5.91 Å². The van der Waals surface area contributed by atoms with Gasteiger partial charge in [-0.2, -0.15) is 5.11 Å². The van der Waals surface area contributed by atoms with Gasteiger partial charge in [0.05, 0.1) is 0 Å². The third-order valence-corrected chi connectivity index (χ3v) is 1.63. The second-order valence-electron chi connectivity index (χ2n) is 3.04. The summed E-state index contributed by atoms with van der Waals surface area (Å²) >= 11 is 0. The summed E-state index contributed by atoms with van der Waals surface area (Å²) in [4.78, 5) is 12.2.